The van der Waals surface area contributed by atoms with Gasteiger partial charge in [0.2, 0.25) is 5.91 Å². The molecule has 1 aliphatic rings. The lowest BCUT2D eigenvalue weighted by Gasteiger charge is -2.12. The number of thiazole rings is 1. The molecule has 124 valence electrons. The summed E-state index contributed by atoms with van der Waals surface area (Å²) < 4.78 is 25.0. The van der Waals surface area contributed by atoms with E-state index < -0.39 is 9.84 Å². The van der Waals surface area contributed by atoms with Crippen molar-refractivity contribution in [2.45, 2.75) is 19.1 Å². The molecule has 0 fully saturated rings. The molecule has 8 heteroatoms. The molecule has 1 aromatic carbocycles. The van der Waals surface area contributed by atoms with Gasteiger partial charge in [-0.05, 0) is 24.1 Å². The summed E-state index contributed by atoms with van der Waals surface area (Å²) in [5, 5.41) is 4.38. The molecule has 0 spiro atoms. The summed E-state index contributed by atoms with van der Waals surface area (Å²) in [7, 11) is -3.05. The summed E-state index contributed by atoms with van der Waals surface area (Å²) in [6.45, 7) is 1.46. The lowest BCUT2D eigenvalue weighted by molar-refractivity contribution is -0.114. The number of benzene rings is 1. The Hall–Kier alpha value is -1.77. The van der Waals surface area contributed by atoms with E-state index in [9.17, 15) is 13.2 Å². The number of para-hydroxylation sites is 1. The summed E-state index contributed by atoms with van der Waals surface area (Å²) in [6, 6.07) is 7.87. The first-order valence-corrected chi connectivity index (χ1v) is 10.9. The number of amides is 1. The van der Waals surface area contributed by atoms with Crippen molar-refractivity contribution in [2.24, 2.45) is 0 Å². The van der Waals surface area contributed by atoms with Gasteiger partial charge >= 0.3 is 0 Å². The van der Waals surface area contributed by atoms with Gasteiger partial charge in [-0.25, -0.2) is 13.4 Å². The maximum Gasteiger partial charge on any atom is 0.221 e. The Labute approximate surface area is 147 Å². The van der Waals surface area contributed by atoms with Gasteiger partial charge < -0.3 is 5.32 Å². The number of carbonyl (C=O) groups excluding carboxylic acids is 1. The number of nitrogens with one attached hydrogen (secondary N) is 1. The van der Waals surface area contributed by atoms with Crippen LogP contribution in [-0.4, -0.2) is 25.1 Å². The van der Waals surface area contributed by atoms with Crippen LogP contribution in [0.4, 0.5) is 5.00 Å². The molecule has 1 amide bonds. The third-order valence-electron chi connectivity index (χ3n) is 3.90. The molecule has 0 radical (unpaired) electrons. The fraction of sp³-hybridized carbons (Fsp3) is 0.250. The van der Waals surface area contributed by atoms with Gasteiger partial charge in [0.05, 0.1) is 21.7 Å². The summed E-state index contributed by atoms with van der Waals surface area (Å²) in [5.41, 5.74) is 2.81. The number of rotatable bonds is 2. The molecular weight excluding hydrogens is 364 g/mol. The van der Waals surface area contributed by atoms with Crippen LogP contribution in [0.2, 0.25) is 0 Å². The van der Waals surface area contributed by atoms with Crippen LogP contribution < -0.4 is 5.32 Å². The average Bonchev–Trinajstić information content (AvgIpc) is 3.05. The average molecular weight is 379 g/mol. The van der Waals surface area contributed by atoms with Crippen molar-refractivity contribution < 1.29 is 13.2 Å². The first-order chi connectivity index (χ1) is 11.4. The number of hydrogen-bond donors (Lipinski definition) is 1. The highest BCUT2D eigenvalue weighted by Crippen LogP contribution is 2.45. The minimum absolute atomic E-state index is 0.0461. The van der Waals surface area contributed by atoms with Crippen LogP contribution in [0.3, 0.4) is 0 Å². The van der Waals surface area contributed by atoms with Crippen LogP contribution >= 0.6 is 22.7 Å². The number of thiophene rings is 1. The normalized spacial score (nSPS) is 16.0. The van der Waals surface area contributed by atoms with Gasteiger partial charge in [-0.1, -0.05) is 12.1 Å². The third kappa shape index (κ3) is 2.74. The van der Waals surface area contributed by atoms with Gasteiger partial charge in [-0.3, -0.25) is 4.79 Å². The number of carbonyl (C=O) groups is 1. The molecule has 0 unspecified atom stereocenters. The molecule has 1 N–H and O–H groups in total. The predicted molar refractivity (Wildman–Crippen MR) is 98.4 cm³/mol. The second-order valence-electron chi connectivity index (χ2n) is 5.72. The highest BCUT2D eigenvalue weighted by Gasteiger charge is 2.30. The van der Waals surface area contributed by atoms with E-state index in [1.165, 1.54) is 18.3 Å². The van der Waals surface area contributed by atoms with Crippen molar-refractivity contribution in [3.05, 3.63) is 34.7 Å². The number of fused-ring (bicyclic) bond motifs is 2. The zero-order chi connectivity index (χ0) is 16.9. The largest absolute Gasteiger partial charge is 0.317 e. The highest BCUT2D eigenvalue weighted by atomic mass is 32.2. The lowest BCUT2D eigenvalue weighted by Crippen LogP contribution is -2.17. The summed E-state index contributed by atoms with van der Waals surface area (Å²) in [6.07, 6.45) is 0.471. The lowest BCUT2D eigenvalue weighted by atomic mass is 10.1. The van der Waals surface area contributed by atoms with Gasteiger partial charge in [0, 0.05) is 17.4 Å². The summed E-state index contributed by atoms with van der Waals surface area (Å²) in [5.74, 6) is 0.0253. The Morgan fingerprint density at radius 1 is 1.25 bits per heavy atom. The Kier molecular flexibility index (Phi) is 3.70. The summed E-state index contributed by atoms with van der Waals surface area (Å²) >= 11 is 2.92. The Bertz CT molecular complexity index is 1030. The Balaban J connectivity index is 1.92. The fourth-order valence-corrected chi connectivity index (χ4v) is 7.08. The third-order valence-corrected chi connectivity index (χ3v) is 7.84. The van der Waals surface area contributed by atoms with E-state index in [1.54, 1.807) is 11.3 Å². The number of sulfone groups is 1. The molecule has 24 heavy (non-hydrogen) atoms. The molecule has 4 rings (SSSR count). The van der Waals surface area contributed by atoms with Gasteiger partial charge in [-0.2, -0.15) is 0 Å². The molecule has 0 saturated carbocycles. The number of anilines is 1. The molecule has 1 aliphatic heterocycles. The second-order valence-corrected chi connectivity index (χ2v) is 10.0. The monoisotopic (exact) mass is 378 g/mol. The molecule has 2 aromatic heterocycles. The van der Waals surface area contributed by atoms with Crippen molar-refractivity contribution in [1.82, 2.24) is 4.98 Å². The van der Waals surface area contributed by atoms with E-state index in [0.29, 0.717) is 11.4 Å². The topological polar surface area (TPSA) is 76.1 Å². The molecular formula is C16H14N2O3S3. The van der Waals surface area contributed by atoms with Crippen molar-refractivity contribution >= 4 is 53.6 Å². The highest BCUT2D eigenvalue weighted by molar-refractivity contribution is 7.90. The minimum Gasteiger partial charge on any atom is -0.317 e. The molecule has 5 nitrogen and oxygen atoms in total. The van der Waals surface area contributed by atoms with Crippen molar-refractivity contribution in [3.63, 3.8) is 0 Å². The zero-order valence-corrected chi connectivity index (χ0v) is 15.3. The van der Waals surface area contributed by atoms with E-state index in [-0.39, 0.29) is 17.4 Å². The van der Waals surface area contributed by atoms with Gasteiger partial charge in [0.25, 0.3) is 0 Å². The standard InChI is InChI=1S/C16H14N2O3S3/c1-9(19)17-15-14(10-6-7-24(20,21)8-13(10)23-15)16-18-11-4-2-3-5-12(11)22-16/h2-5H,6-8H2,1H3,(H,17,19). The van der Waals surface area contributed by atoms with Crippen LogP contribution in [-0.2, 0) is 26.8 Å². The molecule has 0 atom stereocenters. The van der Waals surface area contributed by atoms with E-state index >= 15 is 0 Å². The Morgan fingerprint density at radius 3 is 2.79 bits per heavy atom. The van der Waals surface area contributed by atoms with Crippen molar-refractivity contribution in [3.8, 4) is 10.6 Å². The first-order valence-electron chi connectivity index (χ1n) is 7.41. The van der Waals surface area contributed by atoms with Crippen LogP contribution in [0.15, 0.2) is 24.3 Å². The minimum atomic E-state index is -3.05. The van der Waals surface area contributed by atoms with Gasteiger partial charge in [0.15, 0.2) is 9.84 Å². The predicted octanol–water partition coefficient (Wildman–Crippen LogP) is 3.45. The Morgan fingerprint density at radius 2 is 2.04 bits per heavy atom. The van der Waals surface area contributed by atoms with Crippen LogP contribution in [0.1, 0.15) is 17.4 Å². The molecule has 0 aliphatic carbocycles. The van der Waals surface area contributed by atoms with Crippen molar-refractivity contribution in [2.75, 3.05) is 11.1 Å². The van der Waals surface area contributed by atoms with Crippen LogP contribution in [0.5, 0.6) is 0 Å². The summed E-state index contributed by atoms with van der Waals surface area (Å²) in [4.78, 5) is 17.1. The number of nitrogens with zero attached hydrogens (tertiary/aromatic N) is 1. The maximum absolute atomic E-state index is 11.9. The number of hydrogen-bond acceptors (Lipinski definition) is 6. The molecule has 0 bridgehead atoms. The van der Waals surface area contributed by atoms with E-state index in [2.05, 4.69) is 5.32 Å². The van der Waals surface area contributed by atoms with Crippen molar-refractivity contribution in [1.29, 1.82) is 0 Å². The van der Waals surface area contributed by atoms with Gasteiger partial charge in [0.1, 0.15) is 10.0 Å². The maximum atomic E-state index is 11.9. The number of aromatic nitrogens is 1. The zero-order valence-electron chi connectivity index (χ0n) is 12.8. The van der Waals surface area contributed by atoms with E-state index in [0.717, 1.165) is 31.2 Å². The van der Waals surface area contributed by atoms with E-state index in [1.807, 2.05) is 24.3 Å². The fourth-order valence-electron chi connectivity index (χ4n) is 2.88. The van der Waals surface area contributed by atoms with E-state index in [4.69, 9.17) is 4.98 Å². The smallest absolute Gasteiger partial charge is 0.221 e. The molecule has 3 heterocycles. The first kappa shape index (κ1) is 15.7. The molecule has 0 saturated heterocycles. The van der Waals surface area contributed by atoms with Crippen LogP contribution in [0, 0.1) is 0 Å². The van der Waals surface area contributed by atoms with Crippen LogP contribution in [0.25, 0.3) is 20.8 Å². The second kappa shape index (κ2) is 5.65. The SMILES string of the molecule is CC(=O)Nc1sc2c(c1-c1nc3ccccc3s1)CCS(=O)(=O)C2. The van der Waals surface area contributed by atoms with Gasteiger partial charge in [-0.15, -0.1) is 22.7 Å². The quantitative estimate of drug-likeness (QED) is 0.741. The molecule has 3 aromatic rings.